The molecule has 32 heavy (non-hydrogen) atoms. The fraction of sp³-hybridized carbons (Fsp3) is 0.808. The molecule has 0 radical (unpaired) electrons. The van der Waals surface area contributed by atoms with Gasteiger partial charge in [0.05, 0.1) is 19.2 Å². The van der Waals surface area contributed by atoms with Gasteiger partial charge in [-0.2, -0.15) is 0 Å². The van der Waals surface area contributed by atoms with Crippen LogP contribution in [-0.2, 0) is 19.1 Å². The Balaban J connectivity index is 0. The molecule has 0 aromatic heterocycles. The molecule has 6 heteroatoms. The van der Waals surface area contributed by atoms with Crippen LogP contribution in [0, 0.1) is 23.2 Å². The molecular formula is C26H50N2O4. The van der Waals surface area contributed by atoms with Crippen molar-refractivity contribution >= 4 is 17.8 Å². The summed E-state index contributed by atoms with van der Waals surface area (Å²) in [6.07, 6.45) is 3.25. The highest BCUT2D eigenvalue weighted by Gasteiger charge is 2.32. The fourth-order valence-electron chi connectivity index (χ4n) is 3.28. The number of amides is 2. The van der Waals surface area contributed by atoms with Crippen molar-refractivity contribution in [1.82, 2.24) is 10.2 Å². The number of nitrogens with one attached hydrogen (secondary N) is 1. The topological polar surface area (TPSA) is 75.7 Å². The normalized spacial score (nSPS) is 14.4. The fourth-order valence-corrected chi connectivity index (χ4v) is 3.28. The van der Waals surface area contributed by atoms with Gasteiger partial charge in [0.1, 0.15) is 0 Å². The first-order chi connectivity index (χ1) is 14.6. The predicted molar refractivity (Wildman–Crippen MR) is 133 cm³/mol. The molecule has 0 aromatic carbocycles. The van der Waals surface area contributed by atoms with Crippen LogP contribution in [0.2, 0.25) is 0 Å². The minimum Gasteiger partial charge on any atom is -0.463 e. The van der Waals surface area contributed by atoms with Gasteiger partial charge >= 0.3 is 5.97 Å². The zero-order valence-electron chi connectivity index (χ0n) is 22.8. The first-order valence-corrected chi connectivity index (χ1v) is 12.0. The van der Waals surface area contributed by atoms with Crippen LogP contribution < -0.4 is 5.32 Å². The molecule has 0 spiro atoms. The summed E-state index contributed by atoms with van der Waals surface area (Å²) in [6.45, 7) is 22.3. The van der Waals surface area contributed by atoms with Crippen LogP contribution in [0.25, 0.3) is 0 Å². The molecule has 0 fully saturated rings. The monoisotopic (exact) mass is 454 g/mol. The van der Waals surface area contributed by atoms with Crippen LogP contribution in [0.5, 0.6) is 0 Å². The third-order valence-corrected chi connectivity index (χ3v) is 5.13. The van der Waals surface area contributed by atoms with E-state index in [0.29, 0.717) is 18.1 Å². The summed E-state index contributed by atoms with van der Waals surface area (Å²) in [5.41, 5.74) is -0.00931. The molecule has 0 saturated carbocycles. The molecule has 0 saturated heterocycles. The standard InChI is InChI=1S/C22H40N2O4.C4H10/c1-10-22(8,13-15(3)4)21(27)23-14-19(25)24(9)18(16(5)6)12-17(7)20(26)28-11-2;1-4(2)3/h12,15-16,18H,10-11,13-14H2,1-9H3,(H,23,27);4H,1-3H3/b17-12+;/t18-,22?;/m1./s1. The third-order valence-electron chi connectivity index (χ3n) is 5.13. The van der Waals surface area contributed by atoms with Crippen LogP contribution in [0.4, 0.5) is 0 Å². The van der Waals surface area contributed by atoms with E-state index in [-0.39, 0.29) is 36.3 Å². The van der Waals surface area contributed by atoms with Gasteiger partial charge in [0.25, 0.3) is 0 Å². The zero-order valence-corrected chi connectivity index (χ0v) is 22.8. The molecule has 2 atom stereocenters. The van der Waals surface area contributed by atoms with Crippen LogP contribution in [0.1, 0.15) is 89.0 Å². The number of hydrogen-bond donors (Lipinski definition) is 1. The van der Waals surface area contributed by atoms with Crippen molar-refractivity contribution in [3.8, 4) is 0 Å². The van der Waals surface area contributed by atoms with Crippen molar-refractivity contribution in [3.05, 3.63) is 11.6 Å². The summed E-state index contributed by atoms with van der Waals surface area (Å²) in [4.78, 5) is 38.8. The highest BCUT2D eigenvalue weighted by atomic mass is 16.5. The minimum atomic E-state index is -0.481. The van der Waals surface area contributed by atoms with Gasteiger partial charge in [-0.25, -0.2) is 4.79 Å². The molecule has 0 bridgehead atoms. The lowest BCUT2D eigenvalue weighted by Gasteiger charge is -2.31. The Morgan fingerprint density at radius 1 is 1.03 bits per heavy atom. The Labute approximate surface area is 197 Å². The lowest BCUT2D eigenvalue weighted by atomic mass is 9.79. The molecule has 0 aliphatic rings. The van der Waals surface area contributed by atoms with E-state index in [9.17, 15) is 14.4 Å². The maximum absolute atomic E-state index is 12.7. The number of nitrogens with zero attached hydrogens (tertiary/aromatic N) is 1. The van der Waals surface area contributed by atoms with Crippen LogP contribution in [-0.4, -0.2) is 48.9 Å². The van der Waals surface area contributed by atoms with Gasteiger partial charge in [0.15, 0.2) is 0 Å². The average molecular weight is 455 g/mol. The highest BCUT2D eigenvalue weighted by molar-refractivity contribution is 5.89. The van der Waals surface area contributed by atoms with Crippen molar-refractivity contribution < 1.29 is 19.1 Å². The summed E-state index contributed by atoms with van der Waals surface area (Å²) < 4.78 is 5.02. The third kappa shape index (κ3) is 12.9. The minimum absolute atomic E-state index is 0.0570. The highest BCUT2D eigenvalue weighted by Crippen LogP contribution is 2.29. The maximum Gasteiger partial charge on any atom is 0.333 e. The van der Waals surface area contributed by atoms with Gasteiger partial charge in [0, 0.05) is 18.0 Å². The van der Waals surface area contributed by atoms with E-state index in [1.807, 2.05) is 27.7 Å². The zero-order chi connectivity index (χ0) is 25.6. The number of esters is 1. The Hall–Kier alpha value is -1.85. The van der Waals surface area contributed by atoms with Crippen molar-refractivity contribution in [3.63, 3.8) is 0 Å². The van der Waals surface area contributed by atoms with Gasteiger partial charge < -0.3 is 15.0 Å². The molecule has 2 amide bonds. The maximum atomic E-state index is 12.7. The lowest BCUT2D eigenvalue weighted by Crippen LogP contribution is -2.47. The number of hydrogen-bond acceptors (Lipinski definition) is 4. The summed E-state index contributed by atoms with van der Waals surface area (Å²) >= 11 is 0. The van der Waals surface area contributed by atoms with Crippen molar-refractivity contribution in [1.29, 1.82) is 0 Å². The Bertz CT molecular complexity index is 608. The summed E-state index contributed by atoms with van der Waals surface area (Å²) in [7, 11) is 1.70. The van der Waals surface area contributed by atoms with Crippen molar-refractivity contribution in [2.24, 2.45) is 23.2 Å². The van der Waals surface area contributed by atoms with Gasteiger partial charge in [-0.1, -0.05) is 68.4 Å². The molecule has 6 nitrogen and oxygen atoms in total. The van der Waals surface area contributed by atoms with Crippen LogP contribution >= 0.6 is 0 Å². The van der Waals surface area contributed by atoms with E-state index in [1.165, 1.54) is 0 Å². The first-order valence-electron chi connectivity index (χ1n) is 12.0. The second-order valence-electron chi connectivity index (χ2n) is 10.2. The van der Waals surface area contributed by atoms with E-state index >= 15 is 0 Å². The molecular weight excluding hydrogens is 404 g/mol. The quantitative estimate of drug-likeness (QED) is 0.343. The lowest BCUT2D eigenvalue weighted by molar-refractivity contribution is -0.138. The summed E-state index contributed by atoms with van der Waals surface area (Å²) in [5.74, 6) is 0.675. The van der Waals surface area contributed by atoms with Crippen LogP contribution in [0.15, 0.2) is 11.6 Å². The SMILES string of the molecule is CC(C)C.CCOC(=O)/C(C)=C/[C@H](C(C)C)N(C)C(=O)CNC(=O)C(C)(CC)CC(C)C. The molecule has 0 aliphatic heterocycles. The largest absolute Gasteiger partial charge is 0.463 e. The number of carbonyl (C=O) groups is 3. The molecule has 0 aromatic rings. The first kappa shape index (κ1) is 32.3. The van der Waals surface area contributed by atoms with E-state index in [4.69, 9.17) is 4.74 Å². The Morgan fingerprint density at radius 3 is 1.91 bits per heavy atom. The Morgan fingerprint density at radius 2 is 1.53 bits per heavy atom. The van der Waals surface area contributed by atoms with Gasteiger partial charge in [-0.3, -0.25) is 9.59 Å². The van der Waals surface area contributed by atoms with E-state index in [0.717, 1.165) is 18.8 Å². The molecule has 0 aliphatic carbocycles. The van der Waals surface area contributed by atoms with E-state index in [2.05, 4.69) is 39.9 Å². The molecule has 0 heterocycles. The van der Waals surface area contributed by atoms with Crippen LogP contribution in [0.3, 0.4) is 0 Å². The predicted octanol–water partition coefficient (Wildman–Crippen LogP) is 5.22. The molecule has 1 unspecified atom stereocenters. The Kier molecular flexibility index (Phi) is 16.0. The summed E-state index contributed by atoms with van der Waals surface area (Å²) in [5, 5.41) is 2.81. The second-order valence-corrected chi connectivity index (χ2v) is 10.2. The molecule has 0 rings (SSSR count). The number of rotatable bonds is 11. The summed E-state index contributed by atoms with van der Waals surface area (Å²) in [6, 6.07) is -0.262. The van der Waals surface area contributed by atoms with Crippen molar-refractivity contribution in [2.45, 2.75) is 95.0 Å². The average Bonchev–Trinajstić information content (AvgIpc) is 2.67. The second kappa shape index (κ2) is 15.9. The van der Waals surface area contributed by atoms with E-state index < -0.39 is 5.41 Å². The molecule has 188 valence electrons. The van der Waals surface area contributed by atoms with Gasteiger partial charge in [0.2, 0.25) is 11.8 Å². The van der Waals surface area contributed by atoms with Crippen molar-refractivity contribution in [2.75, 3.05) is 20.2 Å². The van der Waals surface area contributed by atoms with Gasteiger partial charge in [-0.05, 0) is 44.4 Å². The van der Waals surface area contributed by atoms with E-state index in [1.54, 1.807) is 31.9 Å². The smallest absolute Gasteiger partial charge is 0.333 e. The number of carbonyl (C=O) groups excluding carboxylic acids is 3. The molecule has 1 N–H and O–H groups in total. The van der Waals surface area contributed by atoms with Gasteiger partial charge in [-0.15, -0.1) is 0 Å². The number of ether oxygens (including phenoxy) is 1. The number of likely N-dealkylation sites (N-methyl/N-ethyl adjacent to an activating group) is 1.